The van der Waals surface area contributed by atoms with Crippen LogP contribution < -0.4 is 11.1 Å². The standard InChI is InChI=1S/C15H21N3O2/c1-10(16)15(20)17-13-5-3-12(4-6-13)9-18(11(2)19)14-7-8-14/h3-6,10,14H,7-9,16H2,1-2H3,(H,17,20)/t10-/m1/s1. The van der Waals surface area contributed by atoms with Gasteiger partial charge in [0.25, 0.3) is 0 Å². The maximum atomic E-state index is 11.6. The van der Waals surface area contributed by atoms with Crippen LogP contribution in [0.2, 0.25) is 0 Å². The van der Waals surface area contributed by atoms with Gasteiger partial charge in [-0.05, 0) is 37.5 Å². The summed E-state index contributed by atoms with van der Waals surface area (Å²) in [6, 6.07) is 7.40. The van der Waals surface area contributed by atoms with E-state index in [1.165, 1.54) is 0 Å². The third-order valence-corrected chi connectivity index (χ3v) is 3.38. The molecule has 3 N–H and O–H groups in total. The van der Waals surface area contributed by atoms with Crippen molar-refractivity contribution in [1.29, 1.82) is 0 Å². The first-order chi connectivity index (χ1) is 9.47. The summed E-state index contributed by atoms with van der Waals surface area (Å²) in [6.07, 6.45) is 2.20. The van der Waals surface area contributed by atoms with Gasteiger partial charge < -0.3 is 16.0 Å². The van der Waals surface area contributed by atoms with Gasteiger partial charge in [-0.1, -0.05) is 12.1 Å². The van der Waals surface area contributed by atoms with E-state index in [0.29, 0.717) is 12.6 Å². The molecule has 5 nitrogen and oxygen atoms in total. The average molecular weight is 275 g/mol. The third kappa shape index (κ3) is 3.81. The van der Waals surface area contributed by atoms with Gasteiger partial charge in [-0.15, -0.1) is 0 Å². The number of nitrogens with one attached hydrogen (secondary N) is 1. The summed E-state index contributed by atoms with van der Waals surface area (Å²) in [7, 11) is 0. The maximum absolute atomic E-state index is 11.6. The summed E-state index contributed by atoms with van der Waals surface area (Å²) in [5.74, 6) is -0.0945. The molecule has 0 unspecified atom stereocenters. The summed E-state index contributed by atoms with van der Waals surface area (Å²) in [4.78, 5) is 24.9. The van der Waals surface area contributed by atoms with Crippen LogP contribution in [-0.4, -0.2) is 28.8 Å². The predicted molar refractivity (Wildman–Crippen MR) is 78.0 cm³/mol. The molecular weight excluding hydrogens is 254 g/mol. The molecule has 1 saturated carbocycles. The zero-order valence-electron chi connectivity index (χ0n) is 11.9. The Kier molecular flexibility index (Phi) is 4.39. The minimum absolute atomic E-state index is 0.113. The Hall–Kier alpha value is -1.88. The molecule has 1 fully saturated rings. The highest BCUT2D eigenvalue weighted by Crippen LogP contribution is 2.28. The zero-order chi connectivity index (χ0) is 14.7. The number of anilines is 1. The number of hydrogen-bond acceptors (Lipinski definition) is 3. The minimum atomic E-state index is -0.530. The van der Waals surface area contributed by atoms with Gasteiger partial charge in [0.1, 0.15) is 0 Å². The summed E-state index contributed by atoms with van der Waals surface area (Å²) in [5, 5.41) is 2.74. The molecule has 20 heavy (non-hydrogen) atoms. The van der Waals surface area contributed by atoms with Crippen molar-refractivity contribution in [3.05, 3.63) is 29.8 Å². The monoisotopic (exact) mass is 275 g/mol. The summed E-state index contributed by atoms with van der Waals surface area (Å²) >= 11 is 0. The SMILES string of the molecule is CC(=O)N(Cc1ccc(NC(=O)[C@@H](C)N)cc1)C1CC1. The summed E-state index contributed by atoms with van der Waals surface area (Å²) in [6.45, 7) is 3.88. The van der Waals surface area contributed by atoms with Crippen molar-refractivity contribution < 1.29 is 9.59 Å². The van der Waals surface area contributed by atoms with Crippen LogP contribution in [0.1, 0.15) is 32.3 Å². The van der Waals surface area contributed by atoms with E-state index < -0.39 is 6.04 Å². The first kappa shape index (κ1) is 14.5. The largest absolute Gasteiger partial charge is 0.336 e. The zero-order valence-corrected chi connectivity index (χ0v) is 11.9. The van der Waals surface area contributed by atoms with Crippen LogP contribution in [0.4, 0.5) is 5.69 Å². The predicted octanol–water partition coefficient (Wildman–Crippen LogP) is 1.48. The van der Waals surface area contributed by atoms with E-state index >= 15 is 0 Å². The Labute approximate surface area is 119 Å². The fourth-order valence-corrected chi connectivity index (χ4v) is 2.03. The molecule has 2 amide bonds. The first-order valence-electron chi connectivity index (χ1n) is 6.90. The van der Waals surface area contributed by atoms with Crippen molar-refractivity contribution in [2.45, 2.75) is 45.3 Å². The van der Waals surface area contributed by atoms with Gasteiger partial charge in [0.2, 0.25) is 11.8 Å². The smallest absolute Gasteiger partial charge is 0.240 e. The number of hydrogen-bond donors (Lipinski definition) is 2. The van der Waals surface area contributed by atoms with Crippen molar-refractivity contribution in [2.75, 3.05) is 5.32 Å². The second kappa shape index (κ2) is 6.05. The third-order valence-electron chi connectivity index (χ3n) is 3.38. The van der Waals surface area contributed by atoms with Crippen molar-refractivity contribution in [2.24, 2.45) is 5.73 Å². The van der Waals surface area contributed by atoms with Gasteiger partial charge in [0.05, 0.1) is 6.04 Å². The lowest BCUT2D eigenvalue weighted by molar-refractivity contribution is -0.130. The second-order valence-corrected chi connectivity index (χ2v) is 5.35. The van der Waals surface area contributed by atoms with E-state index in [0.717, 1.165) is 24.1 Å². The van der Waals surface area contributed by atoms with Crippen molar-refractivity contribution in [3.8, 4) is 0 Å². The summed E-state index contributed by atoms with van der Waals surface area (Å²) in [5.41, 5.74) is 7.28. The molecule has 0 radical (unpaired) electrons. The number of benzene rings is 1. The highest BCUT2D eigenvalue weighted by atomic mass is 16.2. The lowest BCUT2D eigenvalue weighted by Gasteiger charge is -2.20. The second-order valence-electron chi connectivity index (χ2n) is 5.35. The number of carbonyl (C=O) groups is 2. The molecule has 0 aromatic heterocycles. The molecule has 0 spiro atoms. The highest BCUT2D eigenvalue weighted by molar-refractivity contribution is 5.94. The minimum Gasteiger partial charge on any atom is -0.336 e. The molecule has 1 aromatic carbocycles. The molecule has 108 valence electrons. The van der Waals surface area contributed by atoms with Crippen LogP contribution in [0.5, 0.6) is 0 Å². The lowest BCUT2D eigenvalue weighted by Crippen LogP contribution is -2.32. The Morgan fingerprint density at radius 2 is 1.95 bits per heavy atom. The number of rotatable bonds is 5. The maximum Gasteiger partial charge on any atom is 0.240 e. The van der Waals surface area contributed by atoms with Crippen LogP contribution in [0.15, 0.2) is 24.3 Å². The van der Waals surface area contributed by atoms with Crippen LogP contribution in [-0.2, 0) is 16.1 Å². The van der Waals surface area contributed by atoms with Gasteiger partial charge in [-0.2, -0.15) is 0 Å². The first-order valence-corrected chi connectivity index (χ1v) is 6.90. The molecule has 5 heteroatoms. The van der Waals surface area contributed by atoms with E-state index in [4.69, 9.17) is 5.73 Å². The molecule has 1 atom stereocenters. The van der Waals surface area contributed by atoms with E-state index in [2.05, 4.69) is 5.32 Å². The molecule has 2 rings (SSSR count). The number of amides is 2. The molecule has 0 saturated heterocycles. The van der Waals surface area contributed by atoms with Crippen LogP contribution in [0.25, 0.3) is 0 Å². The quantitative estimate of drug-likeness (QED) is 0.854. The Bertz CT molecular complexity index is 492. The van der Waals surface area contributed by atoms with Gasteiger partial charge in [-0.3, -0.25) is 9.59 Å². The topological polar surface area (TPSA) is 75.4 Å². The fourth-order valence-electron chi connectivity index (χ4n) is 2.03. The van der Waals surface area contributed by atoms with Crippen molar-refractivity contribution >= 4 is 17.5 Å². The van der Waals surface area contributed by atoms with Crippen molar-refractivity contribution in [3.63, 3.8) is 0 Å². The Morgan fingerprint density at radius 3 is 2.40 bits per heavy atom. The van der Waals surface area contributed by atoms with Gasteiger partial charge in [0, 0.05) is 25.2 Å². The van der Waals surface area contributed by atoms with Crippen molar-refractivity contribution in [1.82, 2.24) is 4.90 Å². The normalized spacial score (nSPS) is 15.6. The van der Waals surface area contributed by atoms with E-state index in [1.54, 1.807) is 13.8 Å². The Morgan fingerprint density at radius 1 is 1.35 bits per heavy atom. The molecule has 1 aliphatic carbocycles. The average Bonchev–Trinajstić information content (AvgIpc) is 3.21. The number of nitrogens with zero attached hydrogens (tertiary/aromatic N) is 1. The number of carbonyl (C=O) groups excluding carboxylic acids is 2. The van der Waals surface area contributed by atoms with Gasteiger partial charge >= 0.3 is 0 Å². The molecule has 0 aliphatic heterocycles. The highest BCUT2D eigenvalue weighted by Gasteiger charge is 2.30. The van der Waals surface area contributed by atoms with Crippen LogP contribution in [0, 0.1) is 0 Å². The lowest BCUT2D eigenvalue weighted by atomic mass is 10.2. The fraction of sp³-hybridized carbons (Fsp3) is 0.467. The van der Waals surface area contributed by atoms with E-state index in [1.807, 2.05) is 29.2 Å². The van der Waals surface area contributed by atoms with Crippen LogP contribution >= 0.6 is 0 Å². The Balaban J connectivity index is 1.97. The van der Waals surface area contributed by atoms with Gasteiger partial charge in [0.15, 0.2) is 0 Å². The molecule has 0 heterocycles. The molecular formula is C15H21N3O2. The summed E-state index contributed by atoms with van der Waals surface area (Å²) < 4.78 is 0. The molecule has 1 aliphatic rings. The van der Waals surface area contributed by atoms with Crippen LogP contribution in [0.3, 0.4) is 0 Å². The van der Waals surface area contributed by atoms with Gasteiger partial charge in [-0.25, -0.2) is 0 Å². The van der Waals surface area contributed by atoms with E-state index in [9.17, 15) is 9.59 Å². The molecule has 0 bridgehead atoms. The van der Waals surface area contributed by atoms with E-state index in [-0.39, 0.29) is 11.8 Å². The molecule has 1 aromatic rings. The number of nitrogens with two attached hydrogens (primary N) is 1.